The molecule has 2 aromatic rings. The number of hydrogen-bond acceptors (Lipinski definition) is 2. The van der Waals surface area contributed by atoms with Gasteiger partial charge < -0.3 is 16.0 Å². The number of nitrogens with zero attached hydrogens (tertiary/aromatic N) is 1. The maximum absolute atomic E-state index is 13.9. The molecule has 0 saturated heterocycles. The minimum atomic E-state index is -0.525. The highest BCUT2D eigenvalue weighted by Crippen LogP contribution is 2.25. The first-order valence-corrected chi connectivity index (χ1v) is 7.83. The highest BCUT2D eigenvalue weighted by molar-refractivity contribution is 5.91. The van der Waals surface area contributed by atoms with Crippen LogP contribution in [0, 0.1) is 11.6 Å². The van der Waals surface area contributed by atoms with Crippen molar-refractivity contribution in [3.05, 3.63) is 64.7 Å². The molecular formula is C18H17F2N3O2. The lowest BCUT2D eigenvalue weighted by Gasteiger charge is -2.29. The highest BCUT2D eigenvalue weighted by Gasteiger charge is 2.25. The molecule has 1 aliphatic rings. The Bertz CT molecular complexity index is 839. The standard InChI is InChI=1S/C18H17F2N3O2/c19-14-5-6-15(20)13-10-23(8-7-12(13)14)18(25)22-16-4-2-1-3-11(16)9-17(21)24/h1-6H,7-10H2,(H2,21,24)(H,22,25). The maximum atomic E-state index is 13.9. The van der Waals surface area contributed by atoms with E-state index in [1.54, 1.807) is 24.3 Å². The summed E-state index contributed by atoms with van der Waals surface area (Å²) in [6.07, 6.45) is 0.244. The van der Waals surface area contributed by atoms with E-state index in [0.717, 1.165) is 12.1 Å². The van der Waals surface area contributed by atoms with Gasteiger partial charge in [-0.15, -0.1) is 0 Å². The Hall–Kier alpha value is -2.96. The molecule has 7 heteroatoms. The number of hydrogen-bond donors (Lipinski definition) is 2. The molecule has 0 unspecified atom stereocenters. The van der Waals surface area contributed by atoms with E-state index in [-0.39, 0.29) is 31.5 Å². The van der Waals surface area contributed by atoms with Gasteiger partial charge in [-0.2, -0.15) is 0 Å². The maximum Gasteiger partial charge on any atom is 0.322 e. The molecule has 0 spiro atoms. The predicted molar refractivity (Wildman–Crippen MR) is 88.8 cm³/mol. The van der Waals surface area contributed by atoms with Gasteiger partial charge in [-0.3, -0.25) is 4.79 Å². The van der Waals surface area contributed by atoms with Crippen LogP contribution in [0.3, 0.4) is 0 Å². The second-order valence-corrected chi connectivity index (χ2v) is 5.89. The third-order valence-electron chi connectivity index (χ3n) is 4.21. The molecule has 3 rings (SSSR count). The van der Waals surface area contributed by atoms with Gasteiger partial charge in [0.25, 0.3) is 0 Å². The molecular weight excluding hydrogens is 328 g/mol. The fourth-order valence-electron chi connectivity index (χ4n) is 2.95. The number of amides is 3. The van der Waals surface area contributed by atoms with Crippen molar-refractivity contribution in [1.29, 1.82) is 0 Å². The number of para-hydroxylation sites is 1. The summed E-state index contributed by atoms with van der Waals surface area (Å²) in [5.41, 5.74) is 6.79. The molecule has 0 saturated carbocycles. The largest absolute Gasteiger partial charge is 0.369 e. The van der Waals surface area contributed by atoms with Gasteiger partial charge in [0.05, 0.1) is 13.0 Å². The van der Waals surface area contributed by atoms with Crippen LogP contribution in [0.4, 0.5) is 19.3 Å². The average Bonchev–Trinajstić information content (AvgIpc) is 2.59. The molecule has 3 N–H and O–H groups in total. The van der Waals surface area contributed by atoms with Crippen molar-refractivity contribution < 1.29 is 18.4 Å². The third kappa shape index (κ3) is 3.60. The number of halogens is 2. The number of benzene rings is 2. The van der Waals surface area contributed by atoms with Crippen LogP contribution in [0.2, 0.25) is 0 Å². The van der Waals surface area contributed by atoms with Gasteiger partial charge in [-0.1, -0.05) is 18.2 Å². The van der Waals surface area contributed by atoms with Gasteiger partial charge in [-0.25, -0.2) is 13.6 Å². The Morgan fingerprint density at radius 2 is 1.76 bits per heavy atom. The average molecular weight is 345 g/mol. The topological polar surface area (TPSA) is 75.4 Å². The zero-order chi connectivity index (χ0) is 18.0. The van der Waals surface area contributed by atoms with Gasteiger partial charge in [0.2, 0.25) is 5.91 Å². The fraction of sp³-hybridized carbons (Fsp3) is 0.222. The van der Waals surface area contributed by atoms with Crippen LogP contribution < -0.4 is 11.1 Å². The minimum absolute atomic E-state index is 0.000867. The van der Waals surface area contributed by atoms with E-state index < -0.39 is 23.6 Å². The molecule has 5 nitrogen and oxygen atoms in total. The van der Waals surface area contributed by atoms with Crippen molar-refractivity contribution in [1.82, 2.24) is 4.90 Å². The van der Waals surface area contributed by atoms with Crippen LogP contribution in [-0.2, 0) is 24.2 Å². The molecule has 0 bridgehead atoms. The SMILES string of the molecule is NC(=O)Cc1ccccc1NC(=O)N1CCc2c(F)ccc(F)c2C1. The molecule has 0 aromatic heterocycles. The van der Waals surface area contributed by atoms with E-state index in [1.165, 1.54) is 4.90 Å². The lowest BCUT2D eigenvalue weighted by atomic mass is 9.99. The first-order chi connectivity index (χ1) is 12.0. The van der Waals surface area contributed by atoms with Crippen LogP contribution in [0.1, 0.15) is 16.7 Å². The zero-order valence-electron chi connectivity index (χ0n) is 13.4. The number of rotatable bonds is 3. The van der Waals surface area contributed by atoms with Crippen molar-refractivity contribution in [3.63, 3.8) is 0 Å². The molecule has 0 aliphatic carbocycles. The second-order valence-electron chi connectivity index (χ2n) is 5.89. The summed E-state index contributed by atoms with van der Waals surface area (Å²) >= 11 is 0. The molecule has 1 aliphatic heterocycles. The molecule has 0 fully saturated rings. The van der Waals surface area contributed by atoms with E-state index in [1.807, 2.05) is 0 Å². The molecule has 2 aromatic carbocycles. The number of carbonyl (C=O) groups excluding carboxylic acids is 2. The normalized spacial score (nSPS) is 13.3. The summed E-state index contributed by atoms with van der Waals surface area (Å²) in [6, 6.07) is 8.55. The molecule has 3 amide bonds. The highest BCUT2D eigenvalue weighted by atomic mass is 19.1. The van der Waals surface area contributed by atoms with Crippen LogP contribution in [0.25, 0.3) is 0 Å². The number of nitrogens with one attached hydrogen (secondary N) is 1. The summed E-state index contributed by atoms with van der Waals surface area (Å²) in [4.78, 5) is 25.0. The van der Waals surface area contributed by atoms with Crippen LogP contribution in [0.5, 0.6) is 0 Å². The van der Waals surface area contributed by atoms with Gasteiger partial charge in [0, 0.05) is 17.8 Å². The van der Waals surface area contributed by atoms with Gasteiger partial charge in [0.1, 0.15) is 11.6 Å². The quantitative estimate of drug-likeness (QED) is 0.897. The number of nitrogens with two attached hydrogens (primary N) is 1. The van der Waals surface area contributed by atoms with E-state index in [0.29, 0.717) is 16.8 Å². The summed E-state index contributed by atoms with van der Waals surface area (Å²) in [5, 5.41) is 2.71. The van der Waals surface area contributed by atoms with Gasteiger partial charge in [-0.05, 0) is 35.7 Å². The van der Waals surface area contributed by atoms with Gasteiger partial charge >= 0.3 is 6.03 Å². The summed E-state index contributed by atoms with van der Waals surface area (Å²) in [5.74, 6) is -1.49. The van der Waals surface area contributed by atoms with Gasteiger partial charge in [0.15, 0.2) is 0 Å². The molecule has 0 radical (unpaired) electrons. The number of urea groups is 1. The van der Waals surface area contributed by atoms with Crippen LogP contribution in [-0.4, -0.2) is 23.4 Å². The summed E-state index contributed by atoms with van der Waals surface area (Å²) in [6.45, 7) is 0.264. The van der Waals surface area contributed by atoms with E-state index in [4.69, 9.17) is 5.73 Å². The minimum Gasteiger partial charge on any atom is -0.369 e. The Kier molecular flexibility index (Phi) is 4.65. The molecule has 0 atom stereocenters. The van der Waals surface area contributed by atoms with Crippen molar-refractivity contribution in [2.45, 2.75) is 19.4 Å². The lowest BCUT2D eigenvalue weighted by Crippen LogP contribution is -2.39. The van der Waals surface area contributed by atoms with E-state index in [9.17, 15) is 18.4 Å². The summed E-state index contributed by atoms with van der Waals surface area (Å²) in [7, 11) is 0. The molecule has 130 valence electrons. The second kappa shape index (κ2) is 6.88. The molecule has 1 heterocycles. The lowest BCUT2D eigenvalue weighted by molar-refractivity contribution is -0.117. The Balaban J connectivity index is 1.77. The first kappa shape index (κ1) is 16.9. The Labute approximate surface area is 143 Å². The predicted octanol–water partition coefficient (Wildman–Crippen LogP) is 2.58. The van der Waals surface area contributed by atoms with Crippen molar-refractivity contribution in [2.75, 3.05) is 11.9 Å². The number of carbonyl (C=O) groups is 2. The van der Waals surface area contributed by atoms with Crippen molar-refractivity contribution in [2.24, 2.45) is 5.73 Å². The van der Waals surface area contributed by atoms with Crippen LogP contribution >= 0.6 is 0 Å². The number of anilines is 1. The monoisotopic (exact) mass is 345 g/mol. The van der Waals surface area contributed by atoms with E-state index in [2.05, 4.69) is 5.32 Å². The smallest absolute Gasteiger partial charge is 0.322 e. The first-order valence-electron chi connectivity index (χ1n) is 7.83. The third-order valence-corrected chi connectivity index (χ3v) is 4.21. The zero-order valence-corrected chi connectivity index (χ0v) is 13.4. The fourth-order valence-corrected chi connectivity index (χ4v) is 2.95. The van der Waals surface area contributed by atoms with E-state index >= 15 is 0 Å². The summed E-state index contributed by atoms with van der Waals surface area (Å²) < 4.78 is 27.7. The Morgan fingerprint density at radius 1 is 1.08 bits per heavy atom. The number of primary amides is 1. The van der Waals surface area contributed by atoms with Crippen LogP contribution in [0.15, 0.2) is 36.4 Å². The Morgan fingerprint density at radius 3 is 2.48 bits per heavy atom. The molecule has 25 heavy (non-hydrogen) atoms. The number of fused-ring (bicyclic) bond motifs is 1. The van der Waals surface area contributed by atoms with Crippen molar-refractivity contribution >= 4 is 17.6 Å². The van der Waals surface area contributed by atoms with Crippen molar-refractivity contribution in [3.8, 4) is 0 Å².